The summed E-state index contributed by atoms with van der Waals surface area (Å²) in [6.07, 6.45) is 37.5. The molecule has 0 saturated heterocycles. The molecule has 0 N–H and O–H groups in total. The molecule has 4 heterocycles. The van der Waals surface area contributed by atoms with Gasteiger partial charge in [0.2, 0.25) is 0 Å². The van der Waals surface area contributed by atoms with Crippen LogP contribution in [0.25, 0.3) is 45.0 Å². The van der Waals surface area contributed by atoms with Crippen LogP contribution >= 0.6 is 0 Å². The molecule has 0 bridgehead atoms. The van der Waals surface area contributed by atoms with Crippen molar-refractivity contribution in [3.05, 3.63) is 169 Å². The smallest absolute Gasteiger partial charge is 0.537 e. The number of nitrogens with zero attached hydrogens (tertiary/aromatic N) is 4. The maximum atomic E-state index is 6.14. The molecule has 104 heavy (non-hydrogen) atoms. The van der Waals surface area contributed by atoms with E-state index >= 15 is 0 Å². The van der Waals surface area contributed by atoms with Gasteiger partial charge in [0.1, 0.15) is 23.0 Å². The molecule has 0 spiro atoms. The Labute approximate surface area is 680 Å². The fourth-order valence-corrected chi connectivity index (χ4v) is 11.1. The summed E-state index contributed by atoms with van der Waals surface area (Å²) in [7, 11) is 0. The molecule has 0 unspecified atom stereocenters. The van der Waals surface area contributed by atoms with Crippen molar-refractivity contribution < 1.29 is 117 Å². The summed E-state index contributed by atoms with van der Waals surface area (Å²) in [5, 5.41) is 0. The van der Waals surface area contributed by atoms with Gasteiger partial charge in [0.15, 0.2) is 0 Å². The van der Waals surface area contributed by atoms with Crippen LogP contribution in [0.2, 0.25) is 0 Å². The summed E-state index contributed by atoms with van der Waals surface area (Å²) in [5.41, 5.74) is 9.17. The number of unbranched alkanes of at least 4 members (excludes halogenated alkanes) is 20. The first-order chi connectivity index (χ1) is 48.9. The second-order valence-electron chi connectivity index (χ2n) is 25.7. The first-order valence-corrected chi connectivity index (χ1v) is 37.9. The minimum absolute atomic E-state index is 0. The third-order valence-electron chi connectivity index (χ3n) is 16.2. The number of pyridine rings is 4. The van der Waals surface area contributed by atoms with E-state index in [0.29, 0.717) is 13.2 Å². The van der Waals surface area contributed by atoms with Crippen molar-refractivity contribution in [1.29, 1.82) is 0 Å². The van der Waals surface area contributed by atoms with Gasteiger partial charge in [-0.2, -0.15) is 0 Å². The molecule has 8 rings (SSSR count). The van der Waals surface area contributed by atoms with E-state index in [9.17, 15) is 0 Å². The van der Waals surface area contributed by atoms with Crippen LogP contribution in [-0.2, 0) is 79.2 Å². The molecule has 12 nitrogen and oxygen atoms in total. The number of aryl methyl sites for hydroxylation is 2. The van der Waals surface area contributed by atoms with Gasteiger partial charge >= 0.3 is 79.2 Å². The van der Waals surface area contributed by atoms with Crippen LogP contribution in [0.3, 0.4) is 0 Å². The zero-order chi connectivity index (χ0) is 71.6. The van der Waals surface area contributed by atoms with Crippen LogP contribution in [0.15, 0.2) is 134 Å². The number of hydrogen-bond acceptors (Lipinski definition) is 12. The predicted octanol–water partition coefficient (Wildman–Crippen LogP) is 24.1. The van der Waals surface area contributed by atoms with Crippen LogP contribution in [0.1, 0.15) is 234 Å². The Balaban J connectivity index is 0.000000685. The molecule has 0 aliphatic heterocycles. The third-order valence-corrected chi connectivity index (χ3v) is 16.2. The molecule has 0 saturated carbocycles. The molecule has 0 aliphatic rings. The summed E-state index contributed by atoms with van der Waals surface area (Å²) < 4.78 is 47.0. The second kappa shape index (κ2) is 60.4. The molecule has 16 heteroatoms. The molecule has 0 atom stereocenters. The van der Waals surface area contributed by atoms with Crippen molar-refractivity contribution in [2.75, 3.05) is 39.6 Å². The first kappa shape index (κ1) is 96.4. The van der Waals surface area contributed by atoms with Crippen LogP contribution in [0.4, 0.5) is 0 Å². The standard InChI is InChI=1S/C23H32NO2.2C22H30NO2.C21H28NO2.4Os/c1-5-6-7-8-9-10-16-25-23-19(4)12-11-13-21(23)22-17-20(14-15-24-22)26-18(2)3;1-4-5-6-7-8-11-16-24-22-13-10-9-12-20(22)21-17-19(14-15-23-21)25-18(2)3;1-4-6-7-8-9-10-16-25-22-18(3)12-11-13-20(22)21-17-19(24-5-2)14-15-23-21;1-3-5-6-7-8-11-16-24-21-13-10-9-12-19(21)20-17-18(23-4-2)14-15-22-20;;;;/h11-12,14-15,17-18H,5-10,16H2,1-4H3;9-10,13-15,17-18H,4-8,11,16H2,1-3H3;11-12,14-15,17H,4-10,16H2,1-3H3;9-10,13-15,17H,3-8,11,16H2,1-2H3;;;;/q4*-1;4*+1. The summed E-state index contributed by atoms with van der Waals surface area (Å²) >= 11 is 0. The Kier molecular flexibility index (Phi) is 56.0. The zero-order valence-corrected chi connectivity index (χ0v) is 74.7. The molecule has 4 radical (unpaired) electrons. The van der Waals surface area contributed by atoms with Crippen molar-refractivity contribution >= 4 is 0 Å². The molecule has 8 aromatic rings. The molecule has 4 aromatic carbocycles. The number of hydrogen-bond donors (Lipinski definition) is 0. The van der Waals surface area contributed by atoms with Gasteiger partial charge in [-0.3, -0.25) is 0 Å². The molecular weight excluding hydrogens is 2000 g/mol. The monoisotopic (exact) mass is 2130 g/mol. The van der Waals surface area contributed by atoms with E-state index in [4.69, 9.17) is 37.9 Å². The normalized spacial score (nSPS) is 10.4. The molecule has 0 fully saturated rings. The van der Waals surface area contributed by atoms with E-state index in [1.807, 2.05) is 151 Å². The van der Waals surface area contributed by atoms with E-state index in [2.05, 4.69) is 85.7 Å². The van der Waals surface area contributed by atoms with Gasteiger partial charge in [-0.25, -0.2) is 0 Å². The Hall–Kier alpha value is -5.57. The third kappa shape index (κ3) is 38.8. The van der Waals surface area contributed by atoms with Gasteiger partial charge in [-0.1, -0.05) is 203 Å². The van der Waals surface area contributed by atoms with Gasteiger partial charge in [0.25, 0.3) is 0 Å². The Morgan fingerprint density at radius 3 is 0.904 bits per heavy atom. The maximum Gasteiger partial charge on any atom is 1.00 e. The number of benzene rings is 4. The van der Waals surface area contributed by atoms with E-state index in [0.717, 1.165) is 154 Å². The molecular formula is C88H120N4O8Os4. The topological polar surface area (TPSA) is 125 Å². The average Bonchev–Trinajstić information content (AvgIpc) is 0.833. The van der Waals surface area contributed by atoms with Crippen LogP contribution in [0.5, 0.6) is 46.0 Å². The first-order valence-electron chi connectivity index (χ1n) is 37.9. The molecule has 0 aliphatic carbocycles. The maximum absolute atomic E-state index is 6.14. The van der Waals surface area contributed by atoms with Gasteiger partial charge < -0.3 is 57.8 Å². The zero-order valence-electron chi connectivity index (χ0n) is 64.5. The second-order valence-corrected chi connectivity index (χ2v) is 25.7. The molecule has 0 amide bonds. The Bertz CT molecular complexity index is 3450. The fraction of sp³-hybridized carbons (Fsp3) is 0.500. The van der Waals surface area contributed by atoms with Crippen molar-refractivity contribution in [2.45, 2.75) is 249 Å². The fourth-order valence-electron chi connectivity index (χ4n) is 11.1. The largest absolute Gasteiger partial charge is 1.00 e. The summed E-state index contributed by atoms with van der Waals surface area (Å²) in [6.45, 7) is 29.4. The minimum Gasteiger partial charge on any atom is -0.537 e. The SMILES string of the molecule is CCCCCCCCOc1c(-c2cc(OC(C)C)ccn2)[c-]ccc1C.CCCCCCCCOc1c(-c2cc(OCC)ccn2)[c-]ccc1C.CCCCCCCCOc1ccc[c-]c1-c1cc(OC(C)C)ccn1.CCCCCCCCOc1ccc[c-]c1-c1cc(OCC)ccn1.[Os+].[Os+].[Os+].[Os+]. The van der Waals surface area contributed by atoms with E-state index in [-0.39, 0.29) is 91.4 Å². The van der Waals surface area contributed by atoms with Crippen molar-refractivity contribution in [2.24, 2.45) is 0 Å². The van der Waals surface area contributed by atoms with E-state index in [1.54, 1.807) is 24.8 Å². The number of aromatic nitrogens is 4. The summed E-state index contributed by atoms with van der Waals surface area (Å²) in [6, 6.07) is 48.0. The molecule has 572 valence electrons. The minimum atomic E-state index is 0. The summed E-state index contributed by atoms with van der Waals surface area (Å²) in [5.74, 6) is 6.73. The predicted molar refractivity (Wildman–Crippen MR) is 413 cm³/mol. The van der Waals surface area contributed by atoms with Gasteiger partial charge in [0, 0.05) is 47.8 Å². The van der Waals surface area contributed by atoms with Crippen LogP contribution < -0.4 is 37.9 Å². The van der Waals surface area contributed by atoms with Crippen molar-refractivity contribution in [3.63, 3.8) is 0 Å². The summed E-state index contributed by atoms with van der Waals surface area (Å²) in [4.78, 5) is 17.9. The van der Waals surface area contributed by atoms with E-state index in [1.165, 1.54) is 128 Å². The van der Waals surface area contributed by atoms with Gasteiger partial charge in [-0.05, 0) is 139 Å². The van der Waals surface area contributed by atoms with Crippen LogP contribution in [-0.4, -0.2) is 71.8 Å². The van der Waals surface area contributed by atoms with Crippen LogP contribution in [0, 0.1) is 38.1 Å². The average molecular weight is 2120 g/mol. The Morgan fingerprint density at radius 1 is 0.308 bits per heavy atom. The molecule has 4 aromatic heterocycles. The Morgan fingerprint density at radius 2 is 0.587 bits per heavy atom. The number of rotatable bonds is 44. The number of ether oxygens (including phenoxy) is 8. The van der Waals surface area contributed by atoms with Gasteiger partial charge in [0.05, 0.1) is 51.8 Å². The van der Waals surface area contributed by atoms with Gasteiger partial charge in [-0.15, -0.1) is 84.9 Å². The quantitative estimate of drug-likeness (QED) is 0.0267. The van der Waals surface area contributed by atoms with Crippen molar-refractivity contribution in [1.82, 2.24) is 19.9 Å². The van der Waals surface area contributed by atoms with Crippen molar-refractivity contribution in [3.8, 4) is 91.0 Å². The van der Waals surface area contributed by atoms with E-state index < -0.39 is 0 Å².